The van der Waals surface area contributed by atoms with Gasteiger partial charge < -0.3 is 18.8 Å². The first kappa shape index (κ1) is 22.0. The predicted molar refractivity (Wildman–Crippen MR) is 133 cm³/mol. The fraction of sp³-hybridized carbons (Fsp3) is 0.308. The lowest BCUT2D eigenvalue weighted by Crippen LogP contribution is -2.40. The van der Waals surface area contributed by atoms with Gasteiger partial charge in [0.05, 0.1) is 34.4 Å². The van der Waals surface area contributed by atoms with E-state index in [0.29, 0.717) is 34.0 Å². The van der Waals surface area contributed by atoms with Crippen LogP contribution in [0.15, 0.2) is 52.1 Å². The Bertz CT molecular complexity index is 1630. The molecule has 35 heavy (non-hydrogen) atoms. The van der Waals surface area contributed by atoms with Gasteiger partial charge in [0.1, 0.15) is 6.10 Å². The molecule has 0 bridgehead atoms. The van der Waals surface area contributed by atoms with E-state index in [1.807, 2.05) is 30.3 Å². The highest BCUT2D eigenvalue weighted by Crippen LogP contribution is 2.47. The molecule has 4 aromatic rings. The Balaban J connectivity index is 1.77. The van der Waals surface area contributed by atoms with E-state index in [-0.39, 0.29) is 12.4 Å². The highest BCUT2D eigenvalue weighted by Gasteiger charge is 2.41. The van der Waals surface area contributed by atoms with Crippen LogP contribution in [0.4, 0.5) is 0 Å². The van der Waals surface area contributed by atoms with Crippen LogP contribution in [0.25, 0.3) is 22.2 Å². The van der Waals surface area contributed by atoms with E-state index in [1.165, 1.54) is 11.6 Å². The minimum absolute atomic E-state index is 0.169. The van der Waals surface area contributed by atoms with Crippen LogP contribution in [0.5, 0.6) is 11.5 Å². The van der Waals surface area contributed by atoms with Crippen molar-refractivity contribution in [2.24, 2.45) is 14.1 Å². The molecule has 0 fully saturated rings. The molecule has 9 heteroatoms. The van der Waals surface area contributed by atoms with Crippen LogP contribution in [0.3, 0.4) is 0 Å². The number of benzene rings is 2. The Morgan fingerprint density at radius 2 is 1.69 bits per heavy atom. The summed E-state index contributed by atoms with van der Waals surface area (Å²) in [5.41, 5.74) is 2.47. The number of aromatic nitrogens is 3. The molecular weight excluding hydrogens is 470 g/mol. The highest BCUT2D eigenvalue weighted by atomic mass is 35.5. The van der Waals surface area contributed by atoms with Gasteiger partial charge in [-0.25, -0.2) is 4.79 Å². The van der Waals surface area contributed by atoms with Gasteiger partial charge in [-0.2, -0.15) is 0 Å². The highest BCUT2D eigenvalue weighted by molar-refractivity contribution is 6.30. The summed E-state index contributed by atoms with van der Waals surface area (Å²) in [5, 5.41) is 1.07. The van der Waals surface area contributed by atoms with Crippen LogP contribution in [-0.2, 0) is 24.4 Å². The normalized spacial score (nSPS) is 18.1. The van der Waals surface area contributed by atoms with Gasteiger partial charge in [0.2, 0.25) is 6.79 Å². The number of halogens is 1. The van der Waals surface area contributed by atoms with E-state index in [9.17, 15) is 9.59 Å². The predicted octanol–water partition coefficient (Wildman–Crippen LogP) is 3.94. The van der Waals surface area contributed by atoms with Crippen molar-refractivity contribution < 1.29 is 14.2 Å². The molecule has 2 aromatic carbocycles. The molecule has 0 spiro atoms. The molecule has 0 unspecified atom stereocenters. The summed E-state index contributed by atoms with van der Waals surface area (Å²) in [5.74, 6) is 1.31. The van der Waals surface area contributed by atoms with E-state index in [4.69, 9.17) is 25.8 Å². The molecule has 0 radical (unpaired) electrons. The molecule has 0 amide bonds. The van der Waals surface area contributed by atoms with E-state index in [0.717, 1.165) is 27.1 Å². The number of hydrogen-bond donors (Lipinski definition) is 0. The molecule has 2 aliphatic rings. The fourth-order valence-electron chi connectivity index (χ4n) is 5.21. The third-order valence-electron chi connectivity index (χ3n) is 6.88. The van der Waals surface area contributed by atoms with Crippen molar-refractivity contribution in [1.29, 1.82) is 0 Å². The first-order chi connectivity index (χ1) is 16.7. The summed E-state index contributed by atoms with van der Waals surface area (Å²) in [6.45, 7) is 4.69. The molecular formula is C26H24ClN3O5. The first-order valence-electron chi connectivity index (χ1n) is 11.3. The standard InChI is InChI=1S/C26H24ClN3O5/c1-26(2)12-33-23(15-7-10-17-18(11-15)35-13-34-17)22-21-19(24(31)29(4)25(32)28(21)3)20(30(22)26)14-5-8-16(27)9-6-14/h5-11,23H,12-13H2,1-4H3/t23-/m1/s1. The Morgan fingerprint density at radius 3 is 2.43 bits per heavy atom. The maximum absolute atomic E-state index is 13.6. The Hall–Kier alpha value is -3.49. The number of rotatable bonds is 2. The zero-order valence-electron chi connectivity index (χ0n) is 19.8. The van der Waals surface area contributed by atoms with Crippen molar-refractivity contribution in [2.75, 3.05) is 13.4 Å². The lowest BCUT2D eigenvalue weighted by molar-refractivity contribution is -0.00713. The molecule has 0 saturated heterocycles. The lowest BCUT2D eigenvalue weighted by atomic mass is 9.97. The van der Waals surface area contributed by atoms with Crippen molar-refractivity contribution in [2.45, 2.75) is 25.5 Å². The SMILES string of the molecule is Cn1c(=O)c2c(-c3ccc(Cl)cc3)n3c(c2n(C)c1=O)[C@@H](c1ccc2c(c1)OCO2)OCC3(C)C. The molecule has 6 rings (SSSR count). The van der Waals surface area contributed by atoms with Crippen molar-refractivity contribution in [1.82, 2.24) is 13.7 Å². The summed E-state index contributed by atoms with van der Waals surface area (Å²) in [6, 6.07) is 13.1. The number of hydrogen-bond acceptors (Lipinski definition) is 5. The lowest BCUT2D eigenvalue weighted by Gasteiger charge is -2.39. The maximum Gasteiger partial charge on any atom is 0.331 e. The largest absolute Gasteiger partial charge is 0.454 e. The van der Waals surface area contributed by atoms with Crippen molar-refractivity contribution in [3.8, 4) is 22.8 Å². The second kappa shape index (κ2) is 7.50. The second-order valence-electron chi connectivity index (χ2n) is 9.62. The number of nitrogens with zero attached hydrogens (tertiary/aromatic N) is 3. The maximum atomic E-state index is 13.6. The molecule has 8 nitrogen and oxygen atoms in total. The van der Waals surface area contributed by atoms with Crippen LogP contribution in [-0.4, -0.2) is 27.1 Å². The van der Waals surface area contributed by atoms with E-state index in [1.54, 1.807) is 19.2 Å². The quantitative estimate of drug-likeness (QED) is 0.423. The zero-order valence-corrected chi connectivity index (χ0v) is 20.5. The van der Waals surface area contributed by atoms with Gasteiger partial charge in [-0.3, -0.25) is 13.9 Å². The average Bonchev–Trinajstić information content (AvgIpc) is 3.45. The van der Waals surface area contributed by atoms with Crippen LogP contribution in [0.2, 0.25) is 5.02 Å². The summed E-state index contributed by atoms with van der Waals surface area (Å²) >= 11 is 6.18. The van der Waals surface area contributed by atoms with E-state index >= 15 is 0 Å². The van der Waals surface area contributed by atoms with Crippen molar-refractivity contribution in [3.63, 3.8) is 0 Å². The summed E-state index contributed by atoms with van der Waals surface area (Å²) < 4.78 is 22.4. The minimum atomic E-state index is -0.529. The van der Waals surface area contributed by atoms with Gasteiger partial charge in [0.25, 0.3) is 5.56 Å². The minimum Gasteiger partial charge on any atom is -0.454 e. The molecule has 0 aliphatic carbocycles. The monoisotopic (exact) mass is 493 g/mol. The van der Waals surface area contributed by atoms with Crippen LogP contribution in [0, 0.1) is 0 Å². The van der Waals surface area contributed by atoms with Gasteiger partial charge >= 0.3 is 5.69 Å². The number of fused-ring (bicyclic) bond motifs is 4. The van der Waals surface area contributed by atoms with Gasteiger partial charge in [-0.1, -0.05) is 29.8 Å². The molecule has 0 N–H and O–H groups in total. The topological polar surface area (TPSA) is 76.6 Å². The first-order valence-corrected chi connectivity index (χ1v) is 11.7. The summed E-state index contributed by atoms with van der Waals surface area (Å²) in [7, 11) is 3.19. The number of ether oxygens (including phenoxy) is 3. The molecule has 4 heterocycles. The zero-order chi connectivity index (χ0) is 24.6. The summed E-state index contributed by atoms with van der Waals surface area (Å²) in [4.78, 5) is 26.7. The van der Waals surface area contributed by atoms with Crippen LogP contribution < -0.4 is 20.7 Å². The van der Waals surface area contributed by atoms with Gasteiger partial charge in [0, 0.05) is 19.1 Å². The van der Waals surface area contributed by atoms with Crippen LogP contribution >= 0.6 is 11.6 Å². The van der Waals surface area contributed by atoms with Gasteiger partial charge in [0.15, 0.2) is 11.5 Å². The Labute approximate surface area is 205 Å². The Kier molecular flexibility index (Phi) is 4.72. The van der Waals surface area contributed by atoms with Gasteiger partial charge in [-0.15, -0.1) is 0 Å². The van der Waals surface area contributed by atoms with Crippen molar-refractivity contribution >= 4 is 22.5 Å². The molecule has 0 saturated carbocycles. The van der Waals surface area contributed by atoms with E-state index < -0.39 is 17.3 Å². The average molecular weight is 494 g/mol. The number of aryl methyl sites for hydroxylation is 1. The molecule has 180 valence electrons. The molecule has 1 atom stereocenters. The smallest absolute Gasteiger partial charge is 0.331 e. The second-order valence-corrected chi connectivity index (χ2v) is 10.1. The van der Waals surface area contributed by atoms with Crippen LogP contribution in [0.1, 0.15) is 31.2 Å². The molecule has 2 aliphatic heterocycles. The van der Waals surface area contributed by atoms with Gasteiger partial charge in [-0.05, 0) is 49.2 Å². The van der Waals surface area contributed by atoms with Crippen molar-refractivity contribution in [3.05, 3.63) is 79.6 Å². The summed E-state index contributed by atoms with van der Waals surface area (Å²) in [6.07, 6.45) is -0.529. The fourth-order valence-corrected chi connectivity index (χ4v) is 5.33. The van der Waals surface area contributed by atoms with E-state index in [2.05, 4.69) is 18.4 Å². The Morgan fingerprint density at radius 1 is 0.971 bits per heavy atom. The third-order valence-corrected chi connectivity index (χ3v) is 7.13. The third kappa shape index (κ3) is 3.10. The molecule has 2 aromatic heterocycles.